The highest BCUT2D eigenvalue weighted by atomic mass is 16.5. The second kappa shape index (κ2) is 8.66. The van der Waals surface area contributed by atoms with Gasteiger partial charge in [0.15, 0.2) is 5.82 Å². The van der Waals surface area contributed by atoms with Gasteiger partial charge >= 0.3 is 5.97 Å². The van der Waals surface area contributed by atoms with Crippen molar-refractivity contribution < 1.29 is 24.0 Å². The Balaban J connectivity index is 1.72. The maximum Gasteiger partial charge on any atom is 0.303 e. The maximum atomic E-state index is 11.9. The van der Waals surface area contributed by atoms with Gasteiger partial charge in [0.25, 0.3) is 0 Å². The number of hydrogen-bond donors (Lipinski definition) is 2. The molecular formula is C16H19N3O5. The number of amides is 1. The summed E-state index contributed by atoms with van der Waals surface area (Å²) in [5, 5.41) is 15.0. The number of ether oxygens (including phenoxy) is 1. The van der Waals surface area contributed by atoms with Gasteiger partial charge in [-0.3, -0.25) is 9.59 Å². The molecule has 0 atom stereocenters. The van der Waals surface area contributed by atoms with Crippen LogP contribution in [0.25, 0.3) is 0 Å². The van der Waals surface area contributed by atoms with Crippen molar-refractivity contribution in [3.63, 3.8) is 0 Å². The van der Waals surface area contributed by atoms with Crippen LogP contribution in [0.3, 0.4) is 0 Å². The molecule has 2 aromatic rings. The number of aryl methyl sites for hydroxylation is 2. The predicted molar refractivity (Wildman–Crippen MR) is 84.8 cm³/mol. The highest BCUT2D eigenvalue weighted by molar-refractivity contribution is 5.90. The number of carboxylic acids is 1. The van der Waals surface area contributed by atoms with Crippen LogP contribution in [0.4, 0.5) is 5.69 Å². The number of aromatic nitrogens is 2. The molecule has 128 valence electrons. The zero-order chi connectivity index (χ0) is 17.4. The molecule has 2 rings (SSSR count). The normalized spacial score (nSPS) is 10.4. The van der Waals surface area contributed by atoms with Crippen molar-refractivity contribution >= 4 is 17.6 Å². The van der Waals surface area contributed by atoms with Gasteiger partial charge < -0.3 is 19.7 Å². The summed E-state index contributed by atoms with van der Waals surface area (Å²) in [6, 6.07) is 6.89. The average molecular weight is 333 g/mol. The fourth-order valence-corrected chi connectivity index (χ4v) is 1.93. The van der Waals surface area contributed by atoms with E-state index < -0.39 is 5.97 Å². The first-order valence-electron chi connectivity index (χ1n) is 7.56. The molecule has 0 saturated carbocycles. The van der Waals surface area contributed by atoms with Crippen LogP contribution in [0.15, 0.2) is 28.8 Å². The molecule has 8 heteroatoms. The molecule has 1 amide bonds. The Morgan fingerprint density at radius 1 is 1.25 bits per heavy atom. The lowest BCUT2D eigenvalue weighted by Gasteiger charge is -2.07. The topological polar surface area (TPSA) is 115 Å². The van der Waals surface area contributed by atoms with Crippen molar-refractivity contribution in [3.8, 4) is 5.75 Å². The second-order valence-electron chi connectivity index (χ2n) is 5.15. The second-order valence-corrected chi connectivity index (χ2v) is 5.15. The minimum absolute atomic E-state index is 0.0771. The number of carbonyl (C=O) groups excluding carboxylic acids is 1. The van der Waals surface area contributed by atoms with Crippen LogP contribution in [0.2, 0.25) is 0 Å². The van der Waals surface area contributed by atoms with E-state index >= 15 is 0 Å². The highest BCUT2D eigenvalue weighted by Crippen LogP contribution is 2.16. The molecule has 0 unspecified atom stereocenters. The van der Waals surface area contributed by atoms with E-state index in [1.54, 1.807) is 31.2 Å². The van der Waals surface area contributed by atoms with Gasteiger partial charge in [0.2, 0.25) is 11.8 Å². The Morgan fingerprint density at radius 3 is 2.62 bits per heavy atom. The standard InChI is InChI=1S/C16H19N3O5/c1-11-17-15(24-19-11)9-8-14(20)18-12-4-6-13(7-5-12)23-10-2-3-16(21)22/h4-7H,2-3,8-10H2,1H3,(H,18,20)(H,21,22). The molecule has 0 spiro atoms. The molecule has 0 radical (unpaired) electrons. The largest absolute Gasteiger partial charge is 0.494 e. The van der Waals surface area contributed by atoms with E-state index in [0.717, 1.165) is 0 Å². The molecular weight excluding hydrogens is 314 g/mol. The Hall–Kier alpha value is -2.90. The number of nitrogens with one attached hydrogen (secondary N) is 1. The van der Waals surface area contributed by atoms with E-state index in [9.17, 15) is 9.59 Å². The molecule has 8 nitrogen and oxygen atoms in total. The van der Waals surface area contributed by atoms with Crippen molar-refractivity contribution in [2.24, 2.45) is 0 Å². The van der Waals surface area contributed by atoms with Gasteiger partial charge in [0.1, 0.15) is 5.75 Å². The third kappa shape index (κ3) is 6.07. The van der Waals surface area contributed by atoms with Gasteiger partial charge in [-0.25, -0.2) is 0 Å². The zero-order valence-corrected chi connectivity index (χ0v) is 13.3. The summed E-state index contributed by atoms with van der Waals surface area (Å²) in [6.45, 7) is 2.06. The smallest absolute Gasteiger partial charge is 0.303 e. The summed E-state index contributed by atoms with van der Waals surface area (Å²) < 4.78 is 10.4. The van der Waals surface area contributed by atoms with Gasteiger partial charge in [-0.1, -0.05) is 5.16 Å². The van der Waals surface area contributed by atoms with Crippen LogP contribution in [-0.4, -0.2) is 33.7 Å². The van der Waals surface area contributed by atoms with E-state index in [1.807, 2.05) is 0 Å². The molecule has 0 saturated heterocycles. The van der Waals surface area contributed by atoms with Gasteiger partial charge in [0, 0.05) is 24.9 Å². The first-order valence-corrected chi connectivity index (χ1v) is 7.56. The molecule has 0 aliphatic rings. The third-order valence-corrected chi connectivity index (χ3v) is 3.08. The number of anilines is 1. The van der Waals surface area contributed by atoms with Crippen molar-refractivity contribution in [3.05, 3.63) is 36.0 Å². The number of nitrogens with zero attached hydrogens (tertiary/aromatic N) is 2. The Bertz CT molecular complexity index is 681. The van der Waals surface area contributed by atoms with E-state index in [1.165, 1.54) is 0 Å². The number of carboxylic acid groups (broad SMARTS) is 1. The summed E-state index contributed by atoms with van der Waals surface area (Å²) in [5.41, 5.74) is 0.652. The summed E-state index contributed by atoms with van der Waals surface area (Å²) in [5.74, 6) is 0.616. The van der Waals surface area contributed by atoms with Gasteiger partial charge in [-0.2, -0.15) is 4.98 Å². The molecule has 1 aromatic heterocycles. The number of benzene rings is 1. The quantitative estimate of drug-likeness (QED) is 0.676. The van der Waals surface area contributed by atoms with Crippen LogP contribution in [0, 0.1) is 6.92 Å². The number of hydrogen-bond acceptors (Lipinski definition) is 6. The molecule has 1 heterocycles. The summed E-state index contributed by atoms with van der Waals surface area (Å²) in [6.07, 6.45) is 1.16. The Kier molecular flexibility index (Phi) is 6.30. The zero-order valence-electron chi connectivity index (χ0n) is 13.3. The van der Waals surface area contributed by atoms with Crippen LogP contribution < -0.4 is 10.1 Å². The number of rotatable bonds is 9. The molecule has 0 fully saturated rings. The monoisotopic (exact) mass is 333 g/mol. The van der Waals surface area contributed by atoms with E-state index in [2.05, 4.69) is 15.5 Å². The van der Waals surface area contributed by atoms with Crippen molar-refractivity contribution in [2.45, 2.75) is 32.6 Å². The van der Waals surface area contributed by atoms with Crippen molar-refractivity contribution in [1.29, 1.82) is 0 Å². The minimum Gasteiger partial charge on any atom is -0.494 e. The fourth-order valence-electron chi connectivity index (χ4n) is 1.93. The van der Waals surface area contributed by atoms with Crippen molar-refractivity contribution in [2.75, 3.05) is 11.9 Å². The predicted octanol–water partition coefficient (Wildman–Crippen LogP) is 2.19. The van der Waals surface area contributed by atoms with E-state index in [0.29, 0.717) is 42.6 Å². The van der Waals surface area contributed by atoms with Gasteiger partial charge in [0.05, 0.1) is 6.61 Å². The number of aliphatic carboxylic acids is 1. The van der Waals surface area contributed by atoms with E-state index in [4.69, 9.17) is 14.4 Å². The first kappa shape index (κ1) is 17.5. The number of carbonyl (C=O) groups is 2. The molecule has 1 aromatic carbocycles. The van der Waals surface area contributed by atoms with Crippen LogP contribution in [0.5, 0.6) is 5.75 Å². The van der Waals surface area contributed by atoms with Gasteiger partial charge in [-0.05, 0) is 37.6 Å². The van der Waals surface area contributed by atoms with Crippen LogP contribution in [-0.2, 0) is 16.0 Å². The highest BCUT2D eigenvalue weighted by Gasteiger charge is 2.08. The summed E-state index contributed by atoms with van der Waals surface area (Å²) in [4.78, 5) is 26.3. The molecule has 24 heavy (non-hydrogen) atoms. The average Bonchev–Trinajstić information content (AvgIpc) is 2.96. The lowest BCUT2D eigenvalue weighted by molar-refractivity contribution is -0.137. The molecule has 2 N–H and O–H groups in total. The minimum atomic E-state index is -0.840. The van der Waals surface area contributed by atoms with Crippen LogP contribution in [0.1, 0.15) is 31.0 Å². The Morgan fingerprint density at radius 2 is 2.00 bits per heavy atom. The van der Waals surface area contributed by atoms with Crippen LogP contribution >= 0.6 is 0 Å². The lowest BCUT2D eigenvalue weighted by Crippen LogP contribution is -2.12. The van der Waals surface area contributed by atoms with E-state index in [-0.39, 0.29) is 18.7 Å². The van der Waals surface area contributed by atoms with Crippen molar-refractivity contribution in [1.82, 2.24) is 10.1 Å². The summed E-state index contributed by atoms with van der Waals surface area (Å²) in [7, 11) is 0. The fraction of sp³-hybridized carbons (Fsp3) is 0.375. The maximum absolute atomic E-state index is 11.9. The first-order chi connectivity index (χ1) is 11.5. The molecule has 0 aliphatic heterocycles. The SMILES string of the molecule is Cc1noc(CCC(=O)Nc2ccc(OCCCC(=O)O)cc2)n1. The third-order valence-electron chi connectivity index (χ3n) is 3.08. The van der Waals surface area contributed by atoms with Gasteiger partial charge in [-0.15, -0.1) is 0 Å². The lowest BCUT2D eigenvalue weighted by atomic mass is 10.2. The molecule has 0 aliphatic carbocycles. The summed E-state index contributed by atoms with van der Waals surface area (Å²) >= 11 is 0. The molecule has 0 bridgehead atoms. The Labute approximate surface area is 138 Å².